The molecule has 13 heteroatoms. The number of benzene rings is 2. The molecule has 3 heterocycles. The summed E-state index contributed by atoms with van der Waals surface area (Å²) in [5.41, 5.74) is 2.28. The Bertz CT molecular complexity index is 1780. The van der Waals surface area contributed by atoms with Crippen LogP contribution in [0.5, 0.6) is 11.5 Å². The van der Waals surface area contributed by atoms with Crippen molar-refractivity contribution >= 4 is 29.5 Å². The van der Waals surface area contributed by atoms with E-state index in [2.05, 4.69) is 40.1 Å². The molecule has 288 valence electrons. The van der Waals surface area contributed by atoms with E-state index in [4.69, 9.17) is 9.47 Å². The zero-order valence-electron chi connectivity index (χ0n) is 31.7. The van der Waals surface area contributed by atoms with Gasteiger partial charge in [0.2, 0.25) is 23.6 Å². The predicted octanol–water partition coefficient (Wildman–Crippen LogP) is 3.13. The molecule has 5 amide bonds. The fourth-order valence-electron chi connectivity index (χ4n) is 6.47. The Kier molecular flexibility index (Phi) is 13.6. The minimum absolute atomic E-state index is 0.0833. The molecule has 2 aliphatic heterocycles. The van der Waals surface area contributed by atoms with Crippen LogP contribution in [0.1, 0.15) is 67.2 Å². The summed E-state index contributed by atoms with van der Waals surface area (Å²) in [6.45, 7) is 7.91. The fraction of sp³-hybridized carbons (Fsp3) is 0.463. The topological polar surface area (TPSA) is 168 Å². The summed E-state index contributed by atoms with van der Waals surface area (Å²) in [5.74, 6) is -0.670. The average Bonchev–Trinajstić information content (AvgIpc) is 3.97. The number of nitrogens with zero attached hydrogens (tertiary/aromatic N) is 2. The second-order valence-corrected chi connectivity index (χ2v) is 14.8. The van der Waals surface area contributed by atoms with E-state index < -0.39 is 41.8 Å². The molecule has 1 aromatic heterocycles. The SMILES string of the molecule is COc1ccc(C[C@@H]2NC(=O)[C@@H](NC(=O)c3ncccc3C)Cc3ccc(cc3)OC[C@H](CC(C)C)NC(=O)CN(CC3CC3)C(=O)[C@@H](C)NC2=O)cc1. The van der Waals surface area contributed by atoms with Crippen LogP contribution in [0.2, 0.25) is 0 Å². The molecule has 0 unspecified atom stereocenters. The van der Waals surface area contributed by atoms with E-state index in [0.717, 1.165) is 24.0 Å². The quantitative estimate of drug-likeness (QED) is 0.243. The number of methoxy groups -OCH3 is 1. The first-order valence-corrected chi connectivity index (χ1v) is 18.6. The van der Waals surface area contributed by atoms with Crippen LogP contribution in [-0.4, -0.2) is 90.4 Å². The van der Waals surface area contributed by atoms with Crippen molar-refractivity contribution in [2.75, 3.05) is 26.8 Å². The zero-order valence-corrected chi connectivity index (χ0v) is 31.7. The lowest BCUT2D eigenvalue weighted by molar-refractivity contribution is -0.140. The Balaban J connectivity index is 1.48. The molecular formula is C41H52N6O7. The lowest BCUT2D eigenvalue weighted by Crippen LogP contribution is -2.58. The van der Waals surface area contributed by atoms with E-state index in [0.29, 0.717) is 30.0 Å². The van der Waals surface area contributed by atoms with Crippen molar-refractivity contribution in [2.45, 2.75) is 84.0 Å². The minimum atomic E-state index is -1.13. The first kappa shape index (κ1) is 39.7. The number of pyridine rings is 1. The molecule has 2 bridgehead atoms. The molecule has 2 aromatic carbocycles. The highest BCUT2D eigenvalue weighted by atomic mass is 16.5. The molecule has 3 aromatic rings. The van der Waals surface area contributed by atoms with Gasteiger partial charge >= 0.3 is 0 Å². The molecule has 4 atom stereocenters. The summed E-state index contributed by atoms with van der Waals surface area (Å²) in [6, 6.07) is 14.2. The smallest absolute Gasteiger partial charge is 0.270 e. The van der Waals surface area contributed by atoms with Crippen LogP contribution in [-0.2, 0) is 32.0 Å². The Labute approximate surface area is 317 Å². The zero-order chi connectivity index (χ0) is 38.8. The highest BCUT2D eigenvalue weighted by molar-refractivity contribution is 5.98. The van der Waals surface area contributed by atoms with Crippen LogP contribution >= 0.6 is 0 Å². The average molecular weight is 741 g/mol. The number of hydrogen-bond donors (Lipinski definition) is 4. The molecule has 1 fully saturated rings. The van der Waals surface area contributed by atoms with E-state index in [1.165, 1.54) is 11.1 Å². The number of hydrogen-bond acceptors (Lipinski definition) is 8. The van der Waals surface area contributed by atoms with Gasteiger partial charge < -0.3 is 35.6 Å². The number of amides is 5. The number of aryl methyl sites for hydroxylation is 1. The standard InChI is InChI=1S/C41H52N6O7/c1-25(2)19-31-24-54-33-16-12-29(13-17-33)21-35(46-40(51)37-26(3)7-6-18-42-37)39(50)45-34(20-28-10-14-32(53-5)15-11-28)38(49)43-27(4)41(52)47(22-30-8-9-30)23-36(48)44-31/h6-7,10-18,25,27,30-31,34-35H,8-9,19-24H2,1-5H3,(H,43,49)(H,44,48)(H,45,50)(H,46,51)/t27-,31+,34+,35+/m1/s1. The van der Waals surface area contributed by atoms with E-state index in [1.807, 2.05) is 12.1 Å². The Morgan fingerprint density at radius 3 is 2.35 bits per heavy atom. The summed E-state index contributed by atoms with van der Waals surface area (Å²) in [7, 11) is 1.55. The third-order valence-electron chi connectivity index (χ3n) is 9.56. The summed E-state index contributed by atoms with van der Waals surface area (Å²) in [6.07, 6.45) is 4.27. The molecular weight excluding hydrogens is 688 g/mol. The number of carbonyl (C=O) groups excluding carboxylic acids is 5. The maximum absolute atomic E-state index is 14.2. The summed E-state index contributed by atoms with van der Waals surface area (Å²) in [5, 5.41) is 11.6. The van der Waals surface area contributed by atoms with Crippen LogP contribution in [0.25, 0.3) is 0 Å². The van der Waals surface area contributed by atoms with Crippen molar-refractivity contribution in [3.63, 3.8) is 0 Å². The Morgan fingerprint density at radius 1 is 0.981 bits per heavy atom. The number of ether oxygens (including phenoxy) is 2. The van der Waals surface area contributed by atoms with Crippen molar-refractivity contribution in [2.24, 2.45) is 11.8 Å². The Morgan fingerprint density at radius 2 is 1.70 bits per heavy atom. The Hall–Kier alpha value is -5.46. The number of aromatic nitrogens is 1. The van der Waals surface area contributed by atoms with Crippen molar-refractivity contribution in [1.29, 1.82) is 0 Å². The largest absolute Gasteiger partial charge is 0.497 e. The number of carbonyl (C=O) groups is 5. The lowest BCUT2D eigenvalue weighted by atomic mass is 10.0. The van der Waals surface area contributed by atoms with E-state index in [9.17, 15) is 24.0 Å². The van der Waals surface area contributed by atoms with Gasteiger partial charge in [-0.1, -0.05) is 44.2 Å². The molecule has 0 spiro atoms. The summed E-state index contributed by atoms with van der Waals surface area (Å²) in [4.78, 5) is 74.8. The van der Waals surface area contributed by atoms with E-state index >= 15 is 0 Å². The van der Waals surface area contributed by atoms with E-state index in [-0.39, 0.29) is 55.5 Å². The first-order valence-electron chi connectivity index (χ1n) is 18.6. The van der Waals surface area contributed by atoms with Gasteiger partial charge in [-0.2, -0.15) is 0 Å². The van der Waals surface area contributed by atoms with Crippen LogP contribution in [0.4, 0.5) is 0 Å². The molecule has 6 rings (SSSR count). The molecule has 4 N–H and O–H groups in total. The van der Waals surface area contributed by atoms with Crippen LogP contribution in [0.15, 0.2) is 66.9 Å². The van der Waals surface area contributed by atoms with Crippen molar-refractivity contribution in [3.8, 4) is 11.5 Å². The fourth-order valence-corrected chi connectivity index (χ4v) is 6.47. The third-order valence-corrected chi connectivity index (χ3v) is 9.56. The van der Waals surface area contributed by atoms with Gasteiger partial charge in [0.1, 0.15) is 41.9 Å². The van der Waals surface area contributed by atoms with Crippen LogP contribution in [0.3, 0.4) is 0 Å². The third kappa shape index (κ3) is 11.5. The normalized spacial score (nSPS) is 21.8. The van der Waals surface area contributed by atoms with Gasteiger partial charge in [0.15, 0.2) is 0 Å². The summed E-state index contributed by atoms with van der Waals surface area (Å²) >= 11 is 0. The van der Waals surface area contributed by atoms with Gasteiger partial charge in [-0.3, -0.25) is 29.0 Å². The van der Waals surface area contributed by atoms with Crippen molar-refractivity contribution in [3.05, 3.63) is 89.2 Å². The molecule has 1 saturated carbocycles. The molecule has 13 nitrogen and oxygen atoms in total. The van der Waals surface area contributed by atoms with Gasteiger partial charge in [-0.15, -0.1) is 0 Å². The number of fused-ring (bicyclic) bond motifs is 17. The van der Waals surface area contributed by atoms with E-state index in [1.54, 1.807) is 69.5 Å². The first-order chi connectivity index (χ1) is 25.9. The second kappa shape index (κ2) is 18.5. The lowest BCUT2D eigenvalue weighted by Gasteiger charge is -2.29. The highest BCUT2D eigenvalue weighted by Gasteiger charge is 2.34. The highest BCUT2D eigenvalue weighted by Crippen LogP contribution is 2.30. The second-order valence-electron chi connectivity index (χ2n) is 14.8. The van der Waals surface area contributed by atoms with Gasteiger partial charge in [0.25, 0.3) is 5.91 Å². The maximum Gasteiger partial charge on any atom is 0.270 e. The van der Waals surface area contributed by atoms with Crippen molar-refractivity contribution in [1.82, 2.24) is 31.2 Å². The maximum atomic E-state index is 14.2. The molecule has 0 saturated heterocycles. The molecule has 0 radical (unpaired) electrons. The molecule has 54 heavy (non-hydrogen) atoms. The van der Waals surface area contributed by atoms with Crippen LogP contribution in [0, 0.1) is 18.8 Å². The predicted molar refractivity (Wildman–Crippen MR) is 203 cm³/mol. The number of rotatable bonds is 9. The monoisotopic (exact) mass is 740 g/mol. The van der Waals surface area contributed by atoms with Crippen molar-refractivity contribution < 1.29 is 33.4 Å². The summed E-state index contributed by atoms with van der Waals surface area (Å²) < 4.78 is 11.4. The van der Waals surface area contributed by atoms with Crippen LogP contribution < -0.4 is 30.7 Å². The van der Waals surface area contributed by atoms with Gasteiger partial charge in [-0.05, 0) is 92.0 Å². The van der Waals surface area contributed by atoms with Gasteiger partial charge in [-0.25, -0.2) is 0 Å². The van der Waals surface area contributed by atoms with Gasteiger partial charge in [0, 0.05) is 25.6 Å². The van der Waals surface area contributed by atoms with Gasteiger partial charge in [0.05, 0.1) is 19.7 Å². The number of nitrogens with one attached hydrogen (secondary N) is 4. The minimum Gasteiger partial charge on any atom is -0.497 e. The molecule has 1 aliphatic carbocycles. The molecule has 3 aliphatic rings.